The van der Waals surface area contributed by atoms with Gasteiger partial charge in [-0.2, -0.15) is 5.10 Å². The van der Waals surface area contributed by atoms with E-state index in [1.54, 1.807) is 51.3 Å². The number of ether oxygens (including phenoxy) is 1. The summed E-state index contributed by atoms with van der Waals surface area (Å²) in [7, 11) is 1.57. The lowest BCUT2D eigenvalue weighted by molar-refractivity contribution is -0.119. The van der Waals surface area contributed by atoms with Crippen molar-refractivity contribution < 1.29 is 9.53 Å². The molecule has 0 aliphatic rings. The van der Waals surface area contributed by atoms with Crippen molar-refractivity contribution in [3.05, 3.63) is 52.4 Å². The Morgan fingerprint density at radius 1 is 1.24 bits per heavy atom. The van der Waals surface area contributed by atoms with Gasteiger partial charge >= 0.3 is 0 Å². The zero-order valence-electron chi connectivity index (χ0n) is 12.2. The molecule has 0 bridgehead atoms. The molecule has 6 heteroatoms. The fourth-order valence-corrected chi connectivity index (χ4v) is 1.83. The second-order valence-corrected chi connectivity index (χ2v) is 4.65. The fraction of sp³-hybridized carbons (Fsp3) is 0.267. The van der Waals surface area contributed by atoms with Crippen LogP contribution in [0.3, 0.4) is 0 Å². The van der Waals surface area contributed by atoms with Crippen LogP contribution in [0.2, 0.25) is 0 Å². The van der Waals surface area contributed by atoms with E-state index in [0.717, 1.165) is 0 Å². The number of carbonyl (C=O) groups is 1. The maximum Gasteiger partial charge on any atom is 0.267 e. The molecular formula is C15H17N3O3. The van der Waals surface area contributed by atoms with Gasteiger partial charge in [-0.3, -0.25) is 9.59 Å². The standard InChI is InChI=1S/C15H17N3O3/c1-10-4-9-14(19)18(17-10)11(2)15(20)16-12-5-7-13(21-3)8-6-12/h4-9,11H,1-3H3,(H,16,20)/t11-/m0/s1. The molecule has 0 radical (unpaired) electrons. The SMILES string of the molecule is COc1ccc(NC(=O)[C@H](C)n2nc(C)ccc2=O)cc1. The number of nitrogens with one attached hydrogen (secondary N) is 1. The molecule has 1 aromatic carbocycles. The number of methoxy groups -OCH3 is 1. The molecule has 110 valence electrons. The molecule has 1 atom stereocenters. The average Bonchev–Trinajstić information content (AvgIpc) is 2.49. The average molecular weight is 287 g/mol. The maximum atomic E-state index is 12.2. The van der Waals surface area contributed by atoms with E-state index in [-0.39, 0.29) is 11.5 Å². The summed E-state index contributed by atoms with van der Waals surface area (Å²) in [5.41, 5.74) is 1.00. The van der Waals surface area contributed by atoms with E-state index in [2.05, 4.69) is 10.4 Å². The van der Waals surface area contributed by atoms with Gasteiger partial charge in [0.05, 0.1) is 12.8 Å². The van der Waals surface area contributed by atoms with Crippen molar-refractivity contribution in [2.75, 3.05) is 12.4 Å². The Morgan fingerprint density at radius 3 is 2.52 bits per heavy atom. The number of hydrogen-bond acceptors (Lipinski definition) is 4. The van der Waals surface area contributed by atoms with Gasteiger partial charge in [-0.25, -0.2) is 4.68 Å². The fourth-order valence-electron chi connectivity index (χ4n) is 1.83. The zero-order chi connectivity index (χ0) is 15.4. The Bertz CT molecular complexity index is 692. The smallest absolute Gasteiger partial charge is 0.267 e. The van der Waals surface area contributed by atoms with Gasteiger partial charge in [-0.05, 0) is 44.2 Å². The highest BCUT2D eigenvalue weighted by Gasteiger charge is 2.17. The number of anilines is 1. The molecule has 1 aromatic heterocycles. The minimum absolute atomic E-state index is 0.305. The van der Waals surface area contributed by atoms with Gasteiger partial charge in [0.15, 0.2) is 0 Å². The summed E-state index contributed by atoms with van der Waals surface area (Å²) in [5.74, 6) is 0.401. The van der Waals surface area contributed by atoms with E-state index in [9.17, 15) is 9.59 Å². The lowest BCUT2D eigenvalue weighted by Crippen LogP contribution is -2.33. The molecule has 21 heavy (non-hydrogen) atoms. The van der Waals surface area contributed by atoms with Crippen LogP contribution >= 0.6 is 0 Å². The van der Waals surface area contributed by atoms with E-state index in [4.69, 9.17) is 4.74 Å². The number of benzene rings is 1. The lowest BCUT2D eigenvalue weighted by Gasteiger charge is -2.14. The monoisotopic (exact) mass is 287 g/mol. The third kappa shape index (κ3) is 3.47. The Morgan fingerprint density at radius 2 is 1.90 bits per heavy atom. The Balaban J connectivity index is 2.15. The summed E-state index contributed by atoms with van der Waals surface area (Å²) in [6, 6.07) is 9.28. The minimum atomic E-state index is -0.695. The summed E-state index contributed by atoms with van der Waals surface area (Å²) in [6.45, 7) is 3.40. The largest absolute Gasteiger partial charge is 0.497 e. The molecule has 0 fully saturated rings. The number of hydrogen-bond donors (Lipinski definition) is 1. The van der Waals surface area contributed by atoms with E-state index in [0.29, 0.717) is 17.1 Å². The molecule has 1 N–H and O–H groups in total. The molecule has 0 saturated carbocycles. The number of carbonyl (C=O) groups excluding carboxylic acids is 1. The first-order valence-electron chi connectivity index (χ1n) is 6.52. The lowest BCUT2D eigenvalue weighted by atomic mass is 10.2. The third-order valence-corrected chi connectivity index (χ3v) is 3.06. The molecule has 1 amide bonds. The van der Waals surface area contributed by atoms with E-state index in [1.165, 1.54) is 10.7 Å². The van der Waals surface area contributed by atoms with Gasteiger partial charge in [0.2, 0.25) is 5.91 Å². The molecule has 1 heterocycles. The minimum Gasteiger partial charge on any atom is -0.497 e. The van der Waals surface area contributed by atoms with Crippen LogP contribution in [0.4, 0.5) is 5.69 Å². The Hall–Kier alpha value is -2.63. The molecule has 6 nitrogen and oxygen atoms in total. The van der Waals surface area contributed by atoms with Crippen LogP contribution in [-0.2, 0) is 4.79 Å². The number of amides is 1. The van der Waals surface area contributed by atoms with Crippen LogP contribution in [0, 0.1) is 6.92 Å². The van der Waals surface area contributed by atoms with Crippen LogP contribution < -0.4 is 15.6 Å². The first-order valence-corrected chi connectivity index (χ1v) is 6.52. The van der Waals surface area contributed by atoms with E-state index < -0.39 is 6.04 Å². The van der Waals surface area contributed by atoms with Crippen molar-refractivity contribution in [2.24, 2.45) is 0 Å². The molecule has 0 spiro atoms. The number of aryl methyl sites for hydroxylation is 1. The summed E-state index contributed by atoms with van der Waals surface area (Å²) < 4.78 is 6.23. The second kappa shape index (κ2) is 6.21. The van der Waals surface area contributed by atoms with Crippen molar-refractivity contribution >= 4 is 11.6 Å². The maximum absolute atomic E-state index is 12.2. The molecular weight excluding hydrogens is 270 g/mol. The molecule has 2 aromatic rings. The van der Waals surface area contributed by atoms with Crippen LogP contribution in [0.15, 0.2) is 41.2 Å². The van der Waals surface area contributed by atoms with Gasteiger partial charge in [-0.1, -0.05) is 0 Å². The molecule has 0 aliphatic heterocycles. The molecule has 0 saturated heterocycles. The van der Waals surface area contributed by atoms with Gasteiger partial charge in [-0.15, -0.1) is 0 Å². The first kappa shape index (κ1) is 14.8. The highest BCUT2D eigenvalue weighted by Crippen LogP contribution is 2.16. The quantitative estimate of drug-likeness (QED) is 0.930. The van der Waals surface area contributed by atoms with Crippen LogP contribution in [0.5, 0.6) is 5.75 Å². The Kier molecular flexibility index (Phi) is 4.37. The van der Waals surface area contributed by atoms with Gasteiger partial charge < -0.3 is 10.1 Å². The summed E-state index contributed by atoms with van der Waals surface area (Å²) in [6.07, 6.45) is 0. The van der Waals surface area contributed by atoms with Crippen molar-refractivity contribution in [1.29, 1.82) is 0 Å². The van der Waals surface area contributed by atoms with Gasteiger partial charge in [0.1, 0.15) is 11.8 Å². The van der Waals surface area contributed by atoms with Gasteiger partial charge in [0, 0.05) is 11.8 Å². The molecule has 0 aliphatic carbocycles. The summed E-state index contributed by atoms with van der Waals surface area (Å²) in [4.78, 5) is 23.9. The van der Waals surface area contributed by atoms with Crippen molar-refractivity contribution in [3.8, 4) is 5.75 Å². The molecule has 0 unspecified atom stereocenters. The Labute approximate surface area is 122 Å². The van der Waals surface area contributed by atoms with Crippen molar-refractivity contribution in [1.82, 2.24) is 9.78 Å². The van der Waals surface area contributed by atoms with Crippen LogP contribution in [-0.4, -0.2) is 22.8 Å². The number of nitrogens with zero attached hydrogens (tertiary/aromatic N) is 2. The predicted molar refractivity (Wildman–Crippen MR) is 79.6 cm³/mol. The van der Waals surface area contributed by atoms with Crippen LogP contribution in [0.25, 0.3) is 0 Å². The third-order valence-electron chi connectivity index (χ3n) is 3.06. The normalized spacial score (nSPS) is 11.8. The van der Waals surface area contributed by atoms with Gasteiger partial charge in [0.25, 0.3) is 5.56 Å². The second-order valence-electron chi connectivity index (χ2n) is 4.65. The summed E-state index contributed by atoms with van der Waals surface area (Å²) in [5, 5.41) is 6.83. The zero-order valence-corrected chi connectivity index (χ0v) is 12.2. The topological polar surface area (TPSA) is 73.2 Å². The molecule has 2 rings (SSSR count). The van der Waals surface area contributed by atoms with E-state index in [1.807, 2.05) is 0 Å². The van der Waals surface area contributed by atoms with E-state index >= 15 is 0 Å². The number of aromatic nitrogens is 2. The first-order chi connectivity index (χ1) is 10.0. The van der Waals surface area contributed by atoms with Crippen molar-refractivity contribution in [3.63, 3.8) is 0 Å². The predicted octanol–water partition coefficient (Wildman–Crippen LogP) is 1.76. The van der Waals surface area contributed by atoms with Crippen molar-refractivity contribution in [2.45, 2.75) is 19.9 Å². The van der Waals surface area contributed by atoms with Crippen LogP contribution in [0.1, 0.15) is 18.7 Å². The number of rotatable bonds is 4. The summed E-state index contributed by atoms with van der Waals surface area (Å²) >= 11 is 0. The highest BCUT2D eigenvalue weighted by molar-refractivity contribution is 5.93. The highest BCUT2D eigenvalue weighted by atomic mass is 16.5.